The first-order valence-electron chi connectivity index (χ1n) is 5.07. The van der Waals surface area contributed by atoms with Crippen molar-refractivity contribution in [2.45, 2.75) is 19.6 Å². The quantitative estimate of drug-likeness (QED) is 0.826. The van der Waals surface area contributed by atoms with Gasteiger partial charge in [0.2, 0.25) is 0 Å². The van der Waals surface area contributed by atoms with E-state index in [0.29, 0.717) is 5.82 Å². The SMILES string of the molecule is CCn1ccnc1C(O)c1ccccc1. The number of aromatic nitrogens is 2. The molecule has 2 aromatic rings. The number of aliphatic hydroxyl groups is 1. The van der Waals surface area contributed by atoms with Crippen LogP contribution in [0.15, 0.2) is 42.7 Å². The summed E-state index contributed by atoms with van der Waals surface area (Å²) in [6, 6.07) is 9.57. The molecule has 0 aliphatic carbocycles. The monoisotopic (exact) mass is 202 g/mol. The molecule has 0 aliphatic rings. The molecule has 1 aromatic carbocycles. The van der Waals surface area contributed by atoms with Gasteiger partial charge in [0, 0.05) is 18.9 Å². The van der Waals surface area contributed by atoms with E-state index in [1.165, 1.54) is 0 Å². The third kappa shape index (κ3) is 1.92. The number of imidazole rings is 1. The fourth-order valence-corrected chi connectivity index (χ4v) is 1.62. The van der Waals surface area contributed by atoms with E-state index in [1.807, 2.05) is 48.0 Å². The van der Waals surface area contributed by atoms with E-state index in [1.54, 1.807) is 6.20 Å². The summed E-state index contributed by atoms with van der Waals surface area (Å²) in [5.41, 5.74) is 0.874. The summed E-state index contributed by atoms with van der Waals surface area (Å²) in [6.07, 6.45) is 2.95. The summed E-state index contributed by atoms with van der Waals surface area (Å²) in [6.45, 7) is 2.85. The zero-order valence-corrected chi connectivity index (χ0v) is 8.67. The molecule has 1 N–H and O–H groups in total. The van der Waals surface area contributed by atoms with Gasteiger partial charge in [-0.25, -0.2) is 4.98 Å². The van der Waals surface area contributed by atoms with Gasteiger partial charge in [0.15, 0.2) is 0 Å². The number of aryl methyl sites for hydroxylation is 1. The first kappa shape index (κ1) is 9.93. The minimum Gasteiger partial charge on any atom is -0.380 e. The lowest BCUT2D eigenvalue weighted by Gasteiger charge is -2.11. The molecule has 78 valence electrons. The first-order valence-corrected chi connectivity index (χ1v) is 5.07. The number of aliphatic hydroxyl groups excluding tert-OH is 1. The highest BCUT2D eigenvalue weighted by atomic mass is 16.3. The van der Waals surface area contributed by atoms with Crippen molar-refractivity contribution in [3.05, 3.63) is 54.1 Å². The normalized spacial score (nSPS) is 12.7. The van der Waals surface area contributed by atoms with Gasteiger partial charge in [0.25, 0.3) is 0 Å². The lowest BCUT2D eigenvalue weighted by atomic mass is 10.1. The van der Waals surface area contributed by atoms with Gasteiger partial charge >= 0.3 is 0 Å². The highest BCUT2D eigenvalue weighted by Crippen LogP contribution is 2.19. The number of hydrogen-bond acceptors (Lipinski definition) is 2. The fourth-order valence-electron chi connectivity index (χ4n) is 1.62. The molecule has 0 amide bonds. The molecular weight excluding hydrogens is 188 g/mol. The zero-order chi connectivity index (χ0) is 10.7. The summed E-state index contributed by atoms with van der Waals surface area (Å²) in [4.78, 5) is 4.18. The van der Waals surface area contributed by atoms with Gasteiger partial charge in [0.05, 0.1) is 0 Å². The second-order valence-corrected chi connectivity index (χ2v) is 3.38. The van der Waals surface area contributed by atoms with Crippen LogP contribution in [0.25, 0.3) is 0 Å². The van der Waals surface area contributed by atoms with Crippen molar-refractivity contribution in [3.63, 3.8) is 0 Å². The average molecular weight is 202 g/mol. The molecule has 1 unspecified atom stereocenters. The molecule has 2 rings (SSSR count). The molecular formula is C12H14N2O. The number of hydrogen-bond donors (Lipinski definition) is 1. The summed E-state index contributed by atoms with van der Waals surface area (Å²) >= 11 is 0. The van der Waals surface area contributed by atoms with Crippen LogP contribution in [0.5, 0.6) is 0 Å². The Balaban J connectivity index is 2.32. The Morgan fingerprint density at radius 1 is 1.33 bits per heavy atom. The van der Waals surface area contributed by atoms with Crippen LogP contribution in [0.3, 0.4) is 0 Å². The minimum atomic E-state index is -0.638. The van der Waals surface area contributed by atoms with E-state index in [9.17, 15) is 5.11 Å². The zero-order valence-electron chi connectivity index (χ0n) is 8.67. The molecule has 0 spiro atoms. The Morgan fingerprint density at radius 2 is 2.07 bits per heavy atom. The topological polar surface area (TPSA) is 38.0 Å². The van der Waals surface area contributed by atoms with Crippen molar-refractivity contribution < 1.29 is 5.11 Å². The second-order valence-electron chi connectivity index (χ2n) is 3.38. The molecule has 0 radical (unpaired) electrons. The standard InChI is InChI=1S/C12H14N2O/c1-2-14-9-8-13-12(14)11(15)10-6-4-3-5-7-10/h3-9,11,15H,2H2,1H3. The maximum Gasteiger partial charge on any atom is 0.142 e. The maximum absolute atomic E-state index is 10.1. The van der Waals surface area contributed by atoms with Crippen molar-refractivity contribution in [3.8, 4) is 0 Å². The smallest absolute Gasteiger partial charge is 0.142 e. The van der Waals surface area contributed by atoms with Crippen molar-refractivity contribution in [2.75, 3.05) is 0 Å². The fraction of sp³-hybridized carbons (Fsp3) is 0.250. The Morgan fingerprint density at radius 3 is 2.73 bits per heavy atom. The predicted molar refractivity (Wildman–Crippen MR) is 58.4 cm³/mol. The van der Waals surface area contributed by atoms with Crippen molar-refractivity contribution in [1.29, 1.82) is 0 Å². The van der Waals surface area contributed by atoms with Crippen LogP contribution >= 0.6 is 0 Å². The van der Waals surface area contributed by atoms with E-state index >= 15 is 0 Å². The van der Waals surface area contributed by atoms with Crippen LogP contribution in [0, 0.1) is 0 Å². The molecule has 3 heteroatoms. The summed E-state index contributed by atoms with van der Waals surface area (Å²) in [5.74, 6) is 0.698. The van der Waals surface area contributed by atoms with E-state index in [2.05, 4.69) is 4.98 Å². The molecule has 15 heavy (non-hydrogen) atoms. The van der Waals surface area contributed by atoms with Gasteiger partial charge < -0.3 is 9.67 Å². The predicted octanol–water partition coefficient (Wildman–Crippen LogP) is 1.98. The van der Waals surface area contributed by atoms with Crippen molar-refractivity contribution in [2.24, 2.45) is 0 Å². The van der Waals surface area contributed by atoms with Crippen LogP contribution in [0.4, 0.5) is 0 Å². The van der Waals surface area contributed by atoms with Gasteiger partial charge in [-0.1, -0.05) is 30.3 Å². The first-order chi connectivity index (χ1) is 7.33. The Kier molecular flexibility index (Phi) is 2.83. The van der Waals surface area contributed by atoms with E-state index < -0.39 is 6.10 Å². The van der Waals surface area contributed by atoms with Gasteiger partial charge in [-0.15, -0.1) is 0 Å². The number of rotatable bonds is 3. The van der Waals surface area contributed by atoms with Gasteiger partial charge in [0.1, 0.15) is 11.9 Å². The largest absolute Gasteiger partial charge is 0.380 e. The van der Waals surface area contributed by atoms with E-state index in [0.717, 1.165) is 12.1 Å². The third-order valence-corrected chi connectivity index (χ3v) is 2.45. The second kappa shape index (κ2) is 4.28. The van der Waals surface area contributed by atoms with Crippen molar-refractivity contribution in [1.82, 2.24) is 9.55 Å². The van der Waals surface area contributed by atoms with Crippen LogP contribution in [-0.4, -0.2) is 14.7 Å². The van der Waals surface area contributed by atoms with E-state index in [-0.39, 0.29) is 0 Å². The Bertz CT molecular complexity index is 422. The van der Waals surface area contributed by atoms with Gasteiger partial charge in [-0.3, -0.25) is 0 Å². The minimum absolute atomic E-state index is 0.638. The molecule has 1 heterocycles. The van der Waals surface area contributed by atoms with Crippen LogP contribution < -0.4 is 0 Å². The average Bonchev–Trinajstić information content (AvgIpc) is 2.77. The van der Waals surface area contributed by atoms with Crippen LogP contribution in [0.2, 0.25) is 0 Å². The molecule has 0 aliphatic heterocycles. The van der Waals surface area contributed by atoms with Crippen LogP contribution in [0.1, 0.15) is 24.4 Å². The highest BCUT2D eigenvalue weighted by Gasteiger charge is 2.14. The third-order valence-electron chi connectivity index (χ3n) is 2.45. The molecule has 3 nitrogen and oxygen atoms in total. The van der Waals surface area contributed by atoms with Crippen molar-refractivity contribution >= 4 is 0 Å². The molecule has 1 atom stereocenters. The van der Waals surface area contributed by atoms with E-state index in [4.69, 9.17) is 0 Å². The molecule has 0 bridgehead atoms. The lowest BCUT2D eigenvalue weighted by molar-refractivity contribution is 0.205. The van der Waals surface area contributed by atoms with Gasteiger partial charge in [-0.05, 0) is 12.5 Å². The van der Waals surface area contributed by atoms with Gasteiger partial charge in [-0.2, -0.15) is 0 Å². The molecule has 1 aromatic heterocycles. The molecule has 0 saturated heterocycles. The summed E-state index contributed by atoms with van der Waals surface area (Å²) < 4.78 is 1.94. The maximum atomic E-state index is 10.1. The molecule has 0 saturated carbocycles. The summed E-state index contributed by atoms with van der Waals surface area (Å²) in [5, 5.41) is 10.1. The Labute approximate surface area is 89.0 Å². The Hall–Kier alpha value is -1.61. The van der Waals surface area contributed by atoms with Crippen LogP contribution in [-0.2, 0) is 6.54 Å². The number of benzene rings is 1. The summed E-state index contributed by atoms with van der Waals surface area (Å²) in [7, 11) is 0. The highest BCUT2D eigenvalue weighted by molar-refractivity contribution is 5.22. The number of nitrogens with zero attached hydrogens (tertiary/aromatic N) is 2. The lowest BCUT2D eigenvalue weighted by Crippen LogP contribution is -2.08. The molecule has 0 fully saturated rings.